The fourth-order valence-electron chi connectivity index (χ4n) is 1.06. The van der Waals surface area contributed by atoms with Gasteiger partial charge in [0.05, 0.1) is 0 Å². The predicted molar refractivity (Wildman–Crippen MR) is 48.0 cm³/mol. The first-order chi connectivity index (χ1) is 5.22. The molecule has 0 radical (unpaired) electrons. The lowest BCUT2D eigenvalue weighted by Gasteiger charge is -2.01. The summed E-state index contributed by atoms with van der Waals surface area (Å²) in [5.74, 6) is 0. The van der Waals surface area contributed by atoms with Gasteiger partial charge in [0.15, 0.2) is 0 Å². The lowest BCUT2D eigenvalue weighted by Crippen LogP contribution is -2.03. The van der Waals surface area contributed by atoms with Crippen LogP contribution in [0.1, 0.15) is 5.56 Å². The quantitative estimate of drug-likeness (QED) is 0.534. The van der Waals surface area contributed by atoms with Gasteiger partial charge in [-0.1, -0.05) is 0 Å². The molecule has 1 aromatic rings. The van der Waals surface area contributed by atoms with Crippen LogP contribution in [0, 0.1) is 0 Å². The van der Waals surface area contributed by atoms with Gasteiger partial charge < -0.3 is 17.2 Å². The molecular weight excluding hydrogens is 138 g/mol. The van der Waals surface area contributed by atoms with Crippen LogP contribution in [0.5, 0.6) is 0 Å². The van der Waals surface area contributed by atoms with Crippen molar-refractivity contribution in [2.24, 2.45) is 5.73 Å². The molecule has 0 bridgehead atoms. The minimum atomic E-state index is 0.628. The van der Waals surface area contributed by atoms with Crippen LogP contribution in [-0.2, 0) is 6.42 Å². The van der Waals surface area contributed by atoms with Crippen molar-refractivity contribution in [1.82, 2.24) is 0 Å². The molecule has 0 atom stereocenters. The molecule has 60 valence electrons. The molecule has 0 saturated heterocycles. The average molecular weight is 151 g/mol. The molecule has 3 nitrogen and oxygen atoms in total. The van der Waals surface area contributed by atoms with Crippen molar-refractivity contribution in [1.29, 1.82) is 0 Å². The Bertz CT molecular complexity index is 225. The number of anilines is 2. The molecule has 0 aliphatic heterocycles. The lowest BCUT2D eigenvalue weighted by atomic mass is 10.1. The SMILES string of the molecule is NCCc1cc(N)cc(N)c1. The molecule has 0 amide bonds. The Labute approximate surface area is 66.2 Å². The van der Waals surface area contributed by atoms with Gasteiger partial charge in [-0.25, -0.2) is 0 Å². The van der Waals surface area contributed by atoms with Gasteiger partial charge >= 0.3 is 0 Å². The van der Waals surface area contributed by atoms with Gasteiger partial charge in [-0.05, 0) is 36.7 Å². The van der Waals surface area contributed by atoms with E-state index in [1.54, 1.807) is 6.07 Å². The van der Waals surface area contributed by atoms with Crippen LogP contribution in [0.2, 0.25) is 0 Å². The first kappa shape index (κ1) is 7.88. The van der Waals surface area contributed by atoms with Crippen molar-refractivity contribution in [3.8, 4) is 0 Å². The Kier molecular flexibility index (Phi) is 2.33. The summed E-state index contributed by atoms with van der Waals surface area (Å²) >= 11 is 0. The molecule has 0 heterocycles. The normalized spacial score (nSPS) is 9.91. The predicted octanol–water partition coefficient (Wildman–Crippen LogP) is 0.352. The number of nitrogens with two attached hydrogens (primary N) is 3. The van der Waals surface area contributed by atoms with Crippen molar-refractivity contribution in [2.75, 3.05) is 18.0 Å². The van der Waals surface area contributed by atoms with Crippen LogP contribution in [0.3, 0.4) is 0 Å². The summed E-state index contributed by atoms with van der Waals surface area (Å²) in [5.41, 5.74) is 19.0. The molecule has 0 aromatic heterocycles. The van der Waals surface area contributed by atoms with Crippen LogP contribution in [0.4, 0.5) is 11.4 Å². The Morgan fingerprint density at radius 2 is 1.55 bits per heavy atom. The topological polar surface area (TPSA) is 78.1 Å². The smallest absolute Gasteiger partial charge is 0.0337 e. The molecule has 3 heteroatoms. The molecule has 0 spiro atoms. The number of hydrogen-bond donors (Lipinski definition) is 3. The Hall–Kier alpha value is -1.22. The van der Waals surface area contributed by atoms with E-state index in [0.29, 0.717) is 17.9 Å². The van der Waals surface area contributed by atoms with E-state index in [1.165, 1.54) is 0 Å². The fourth-order valence-corrected chi connectivity index (χ4v) is 1.06. The van der Waals surface area contributed by atoms with Gasteiger partial charge in [0.25, 0.3) is 0 Å². The van der Waals surface area contributed by atoms with Gasteiger partial charge in [0.1, 0.15) is 0 Å². The van der Waals surface area contributed by atoms with E-state index in [2.05, 4.69) is 0 Å². The van der Waals surface area contributed by atoms with Gasteiger partial charge in [-0.3, -0.25) is 0 Å². The molecule has 0 saturated carbocycles. The largest absolute Gasteiger partial charge is 0.399 e. The van der Waals surface area contributed by atoms with Crippen molar-refractivity contribution < 1.29 is 0 Å². The van der Waals surface area contributed by atoms with Crippen LogP contribution in [-0.4, -0.2) is 6.54 Å². The number of benzene rings is 1. The summed E-state index contributed by atoms with van der Waals surface area (Å²) in [7, 11) is 0. The van der Waals surface area contributed by atoms with E-state index in [1.807, 2.05) is 12.1 Å². The molecular formula is C8H13N3. The second-order valence-electron chi connectivity index (χ2n) is 2.55. The summed E-state index contributed by atoms with van der Waals surface area (Å²) in [6, 6.07) is 5.52. The summed E-state index contributed by atoms with van der Waals surface area (Å²) in [4.78, 5) is 0. The maximum atomic E-state index is 5.57. The Morgan fingerprint density at radius 3 is 2.00 bits per heavy atom. The van der Waals surface area contributed by atoms with Crippen LogP contribution < -0.4 is 17.2 Å². The van der Waals surface area contributed by atoms with E-state index in [4.69, 9.17) is 17.2 Å². The summed E-state index contributed by atoms with van der Waals surface area (Å²) in [6.45, 7) is 0.628. The maximum Gasteiger partial charge on any atom is 0.0337 e. The van der Waals surface area contributed by atoms with Crippen LogP contribution in [0.15, 0.2) is 18.2 Å². The van der Waals surface area contributed by atoms with Gasteiger partial charge in [0, 0.05) is 11.4 Å². The zero-order valence-electron chi connectivity index (χ0n) is 6.38. The standard InChI is InChI=1S/C8H13N3/c9-2-1-6-3-7(10)5-8(11)4-6/h3-5H,1-2,9-11H2. The minimum Gasteiger partial charge on any atom is -0.399 e. The van der Waals surface area contributed by atoms with Gasteiger partial charge in [0.2, 0.25) is 0 Å². The van der Waals surface area contributed by atoms with E-state index >= 15 is 0 Å². The van der Waals surface area contributed by atoms with Crippen molar-refractivity contribution in [3.05, 3.63) is 23.8 Å². The number of nitrogen functional groups attached to an aromatic ring is 2. The highest BCUT2D eigenvalue weighted by Gasteiger charge is 1.94. The highest BCUT2D eigenvalue weighted by molar-refractivity contribution is 5.54. The molecule has 1 aromatic carbocycles. The summed E-state index contributed by atoms with van der Waals surface area (Å²) in [5, 5.41) is 0. The fraction of sp³-hybridized carbons (Fsp3) is 0.250. The number of rotatable bonds is 2. The van der Waals surface area contributed by atoms with Crippen molar-refractivity contribution in [3.63, 3.8) is 0 Å². The Balaban J connectivity index is 2.89. The highest BCUT2D eigenvalue weighted by Crippen LogP contribution is 2.13. The van der Waals surface area contributed by atoms with E-state index in [9.17, 15) is 0 Å². The van der Waals surface area contributed by atoms with E-state index in [0.717, 1.165) is 12.0 Å². The zero-order valence-corrected chi connectivity index (χ0v) is 6.38. The maximum absolute atomic E-state index is 5.57. The molecule has 6 N–H and O–H groups in total. The zero-order chi connectivity index (χ0) is 8.27. The molecule has 11 heavy (non-hydrogen) atoms. The highest BCUT2D eigenvalue weighted by atomic mass is 14.6. The van der Waals surface area contributed by atoms with Gasteiger partial charge in [-0.15, -0.1) is 0 Å². The van der Waals surface area contributed by atoms with E-state index in [-0.39, 0.29) is 0 Å². The summed E-state index contributed by atoms with van der Waals surface area (Å²) < 4.78 is 0. The average Bonchev–Trinajstić information content (AvgIpc) is 1.85. The van der Waals surface area contributed by atoms with E-state index < -0.39 is 0 Å². The molecule has 0 unspecified atom stereocenters. The lowest BCUT2D eigenvalue weighted by molar-refractivity contribution is 0.970. The third-order valence-corrected chi connectivity index (χ3v) is 1.47. The van der Waals surface area contributed by atoms with Crippen LogP contribution >= 0.6 is 0 Å². The monoisotopic (exact) mass is 151 g/mol. The first-order valence-electron chi connectivity index (χ1n) is 3.57. The Morgan fingerprint density at radius 1 is 1.00 bits per heavy atom. The first-order valence-corrected chi connectivity index (χ1v) is 3.57. The minimum absolute atomic E-state index is 0.628. The van der Waals surface area contributed by atoms with Gasteiger partial charge in [-0.2, -0.15) is 0 Å². The number of hydrogen-bond acceptors (Lipinski definition) is 3. The third-order valence-electron chi connectivity index (χ3n) is 1.47. The van der Waals surface area contributed by atoms with Crippen LogP contribution in [0.25, 0.3) is 0 Å². The molecule has 1 rings (SSSR count). The third kappa shape index (κ3) is 2.13. The molecule has 0 aliphatic carbocycles. The molecule has 0 aliphatic rings. The van der Waals surface area contributed by atoms with Crippen molar-refractivity contribution in [2.45, 2.75) is 6.42 Å². The second kappa shape index (κ2) is 3.25. The molecule has 0 fully saturated rings. The van der Waals surface area contributed by atoms with Crippen molar-refractivity contribution >= 4 is 11.4 Å². The second-order valence-corrected chi connectivity index (χ2v) is 2.55. The summed E-state index contributed by atoms with van der Waals surface area (Å²) in [6.07, 6.45) is 0.829.